The van der Waals surface area contributed by atoms with Crippen LogP contribution in [0.1, 0.15) is 12.8 Å². The van der Waals surface area contributed by atoms with Gasteiger partial charge in [-0.3, -0.25) is 9.69 Å². The largest absolute Gasteiger partial charge is 0.338 e. The summed E-state index contributed by atoms with van der Waals surface area (Å²) in [6.45, 7) is 5.90. The number of piperazine rings is 1. The fourth-order valence-corrected chi connectivity index (χ4v) is 2.84. The van der Waals surface area contributed by atoms with Gasteiger partial charge in [-0.1, -0.05) is 0 Å². The SMILES string of the molecule is O=C(CN1CCCC1)N1CCN(c2ncccn2)CC1. The Labute approximate surface area is 119 Å². The molecule has 6 heteroatoms. The molecule has 1 amide bonds. The zero-order valence-electron chi connectivity index (χ0n) is 11.7. The van der Waals surface area contributed by atoms with E-state index in [1.165, 1.54) is 12.8 Å². The normalized spacial score (nSPS) is 20.4. The first-order valence-electron chi connectivity index (χ1n) is 7.35. The maximum absolute atomic E-state index is 12.2. The standard InChI is InChI=1S/C14H21N5O/c20-13(12-17-6-1-2-7-17)18-8-10-19(11-9-18)14-15-4-3-5-16-14/h3-5H,1-2,6-12H2. The van der Waals surface area contributed by atoms with Crippen LogP contribution in [0.4, 0.5) is 5.95 Å². The van der Waals surface area contributed by atoms with Gasteiger partial charge in [0.2, 0.25) is 11.9 Å². The fraction of sp³-hybridized carbons (Fsp3) is 0.643. The zero-order chi connectivity index (χ0) is 13.8. The number of hydrogen-bond acceptors (Lipinski definition) is 5. The monoisotopic (exact) mass is 275 g/mol. The van der Waals surface area contributed by atoms with Crippen molar-refractivity contribution in [2.24, 2.45) is 0 Å². The van der Waals surface area contributed by atoms with Crippen molar-refractivity contribution < 1.29 is 4.79 Å². The van der Waals surface area contributed by atoms with Gasteiger partial charge < -0.3 is 9.80 Å². The number of likely N-dealkylation sites (tertiary alicyclic amines) is 1. The molecule has 20 heavy (non-hydrogen) atoms. The predicted octanol–water partition coefficient (Wildman–Crippen LogP) is 0.221. The molecule has 0 spiro atoms. The summed E-state index contributed by atoms with van der Waals surface area (Å²) in [4.78, 5) is 27.1. The van der Waals surface area contributed by atoms with Crippen LogP contribution in [-0.4, -0.2) is 71.5 Å². The summed E-state index contributed by atoms with van der Waals surface area (Å²) in [6.07, 6.45) is 5.97. The molecule has 0 aromatic carbocycles. The van der Waals surface area contributed by atoms with Gasteiger partial charge in [-0.15, -0.1) is 0 Å². The molecule has 1 aromatic rings. The Balaban J connectivity index is 1.49. The van der Waals surface area contributed by atoms with E-state index in [0.29, 0.717) is 6.54 Å². The molecule has 1 aromatic heterocycles. The highest BCUT2D eigenvalue weighted by Crippen LogP contribution is 2.11. The van der Waals surface area contributed by atoms with E-state index >= 15 is 0 Å². The Morgan fingerprint density at radius 3 is 2.30 bits per heavy atom. The molecule has 2 aliphatic heterocycles. The van der Waals surface area contributed by atoms with E-state index in [1.807, 2.05) is 11.0 Å². The first-order valence-corrected chi connectivity index (χ1v) is 7.35. The molecular weight excluding hydrogens is 254 g/mol. The molecular formula is C14H21N5O. The van der Waals surface area contributed by atoms with Gasteiger partial charge >= 0.3 is 0 Å². The van der Waals surface area contributed by atoms with Crippen LogP contribution in [0.25, 0.3) is 0 Å². The third kappa shape index (κ3) is 3.07. The predicted molar refractivity (Wildman–Crippen MR) is 76.5 cm³/mol. The lowest BCUT2D eigenvalue weighted by atomic mass is 10.3. The topological polar surface area (TPSA) is 52.6 Å². The first-order chi connectivity index (χ1) is 9.83. The highest BCUT2D eigenvalue weighted by molar-refractivity contribution is 5.78. The van der Waals surface area contributed by atoms with Crippen molar-refractivity contribution >= 4 is 11.9 Å². The van der Waals surface area contributed by atoms with Crippen LogP contribution in [-0.2, 0) is 4.79 Å². The Bertz CT molecular complexity index is 438. The summed E-state index contributed by atoms with van der Waals surface area (Å²) in [7, 11) is 0. The molecule has 0 unspecified atom stereocenters. The Hall–Kier alpha value is -1.69. The average Bonchev–Trinajstić information content (AvgIpc) is 3.01. The molecule has 2 fully saturated rings. The van der Waals surface area contributed by atoms with Crippen molar-refractivity contribution in [2.45, 2.75) is 12.8 Å². The zero-order valence-corrected chi connectivity index (χ0v) is 11.7. The van der Waals surface area contributed by atoms with Gasteiger partial charge in [-0.2, -0.15) is 0 Å². The average molecular weight is 275 g/mol. The van der Waals surface area contributed by atoms with E-state index in [9.17, 15) is 4.79 Å². The van der Waals surface area contributed by atoms with Gasteiger partial charge in [0.25, 0.3) is 0 Å². The van der Waals surface area contributed by atoms with E-state index < -0.39 is 0 Å². The highest BCUT2D eigenvalue weighted by atomic mass is 16.2. The third-order valence-electron chi connectivity index (χ3n) is 4.02. The molecule has 0 bridgehead atoms. The summed E-state index contributed by atoms with van der Waals surface area (Å²) in [6, 6.07) is 1.82. The number of carbonyl (C=O) groups excluding carboxylic acids is 1. The van der Waals surface area contributed by atoms with Gasteiger partial charge in [0.15, 0.2) is 0 Å². The number of anilines is 1. The molecule has 0 aliphatic carbocycles. The van der Waals surface area contributed by atoms with Crippen molar-refractivity contribution in [2.75, 3.05) is 50.7 Å². The molecule has 3 rings (SSSR count). The smallest absolute Gasteiger partial charge is 0.236 e. The summed E-state index contributed by atoms with van der Waals surface area (Å²) < 4.78 is 0. The van der Waals surface area contributed by atoms with Crippen LogP contribution in [0.15, 0.2) is 18.5 Å². The van der Waals surface area contributed by atoms with Crippen LogP contribution < -0.4 is 4.90 Å². The minimum atomic E-state index is 0.264. The maximum atomic E-state index is 12.2. The van der Waals surface area contributed by atoms with Crippen molar-refractivity contribution in [3.8, 4) is 0 Å². The summed E-state index contributed by atoms with van der Waals surface area (Å²) in [5.74, 6) is 1.03. The quantitative estimate of drug-likeness (QED) is 0.790. The van der Waals surface area contributed by atoms with Gasteiger partial charge in [0, 0.05) is 38.6 Å². The van der Waals surface area contributed by atoms with Crippen LogP contribution in [0.3, 0.4) is 0 Å². The van der Waals surface area contributed by atoms with Gasteiger partial charge in [0.1, 0.15) is 0 Å². The maximum Gasteiger partial charge on any atom is 0.236 e. The lowest BCUT2D eigenvalue weighted by Gasteiger charge is -2.35. The molecule has 2 aliphatic rings. The van der Waals surface area contributed by atoms with Crippen molar-refractivity contribution in [1.82, 2.24) is 19.8 Å². The van der Waals surface area contributed by atoms with Gasteiger partial charge in [-0.25, -0.2) is 9.97 Å². The minimum absolute atomic E-state index is 0.264. The Morgan fingerprint density at radius 1 is 1.00 bits per heavy atom. The molecule has 2 saturated heterocycles. The second-order valence-electron chi connectivity index (χ2n) is 5.40. The Kier molecular flexibility index (Phi) is 4.11. The summed E-state index contributed by atoms with van der Waals surface area (Å²) >= 11 is 0. The van der Waals surface area contributed by atoms with Gasteiger partial charge in [-0.05, 0) is 32.0 Å². The van der Waals surface area contributed by atoms with E-state index in [4.69, 9.17) is 0 Å². The Morgan fingerprint density at radius 2 is 1.65 bits per heavy atom. The van der Waals surface area contributed by atoms with Crippen LogP contribution >= 0.6 is 0 Å². The molecule has 6 nitrogen and oxygen atoms in total. The number of rotatable bonds is 3. The van der Waals surface area contributed by atoms with Crippen LogP contribution in [0, 0.1) is 0 Å². The third-order valence-corrected chi connectivity index (χ3v) is 4.02. The molecule has 108 valence electrons. The fourth-order valence-electron chi connectivity index (χ4n) is 2.84. The molecule has 0 atom stereocenters. The number of hydrogen-bond donors (Lipinski definition) is 0. The number of aromatic nitrogens is 2. The number of carbonyl (C=O) groups is 1. The van der Waals surface area contributed by atoms with E-state index in [2.05, 4.69) is 19.8 Å². The van der Waals surface area contributed by atoms with Crippen molar-refractivity contribution in [3.63, 3.8) is 0 Å². The second kappa shape index (κ2) is 6.17. The van der Waals surface area contributed by atoms with Crippen LogP contribution in [0.5, 0.6) is 0 Å². The number of amides is 1. The van der Waals surface area contributed by atoms with E-state index in [-0.39, 0.29) is 5.91 Å². The molecule has 0 saturated carbocycles. The van der Waals surface area contributed by atoms with Crippen molar-refractivity contribution in [3.05, 3.63) is 18.5 Å². The molecule has 0 radical (unpaired) electrons. The van der Waals surface area contributed by atoms with Crippen LogP contribution in [0.2, 0.25) is 0 Å². The first kappa shape index (κ1) is 13.3. The van der Waals surface area contributed by atoms with Crippen molar-refractivity contribution in [1.29, 1.82) is 0 Å². The lowest BCUT2D eigenvalue weighted by Crippen LogP contribution is -2.51. The summed E-state index contributed by atoms with van der Waals surface area (Å²) in [5.41, 5.74) is 0. The molecule has 0 N–H and O–H groups in total. The summed E-state index contributed by atoms with van der Waals surface area (Å²) in [5, 5.41) is 0. The highest BCUT2D eigenvalue weighted by Gasteiger charge is 2.24. The second-order valence-corrected chi connectivity index (χ2v) is 5.40. The lowest BCUT2D eigenvalue weighted by molar-refractivity contribution is -0.132. The van der Waals surface area contributed by atoms with E-state index in [1.54, 1.807) is 12.4 Å². The minimum Gasteiger partial charge on any atom is -0.338 e. The number of nitrogens with zero attached hydrogens (tertiary/aromatic N) is 5. The van der Waals surface area contributed by atoms with E-state index in [0.717, 1.165) is 45.2 Å². The molecule has 3 heterocycles. The van der Waals surface area contributed by atoms with Gasteiger partial charge in [0.05, 0.1) is 6.54 Å².